The third-order valence-electron chi connectivity index (χ3n) is 5.96. The Bertz CT molecular complexity index is 1240. The van der Waals surface area contributed by atoms with Crippen molar-refractivity contribution in [3.63, 3.8) is 0 Å². The molecule has 4 rings (SSSR count). The number of allylic oxidation sites excluding steroid dienone is 1. The Morgan fingerprint density at radius 3 is 2.54 bits per heavy atom. The zero-order valence-corrected chi connectivity index (χ0v) is 21.8. The molecule has 0 bridgehead atoms. The average Bonchev–Trinajstić information content (AvgIpc) is 3.22. The van der Waals surface area contributed by atoms with E-state index in [2.05, 4.69) is 62.3 Å². The quantitative estimate of drug-likeness (QED) is 0.408. The van der Waals surface area contributed by atoms with Gasteiger partial charge in [0.15, 0.2) is 0 Å². The topological polar surface area (TPSA) is 95.1 Å². The molecule has 1 aromatic heterocycles. The fourth-order valence-corrected chi connectivity index (χ4v) is 4.78. The first kappa shape index (κ1) is 24.9. The van der Waals surface area contributed by atoms with Gasteiger partial charge in [-0.1, -0.05) is 81.9 Å². The summed E-state index contributed by atoms with van der Waals surface area (Å²) in [4.78, 5) is 17.2. The van der Waals surface area contributed by atoms with E-state index in [0.29, 0.717) is 34.7 Å². The van der Waals surface area contributed by atoms with Gasteiger partial charge in [0, 0.05) is 17.0 Å². The number of thioether (sulfide) groups is 1. The second-order valence-corrected chi connectivity index (χ2v) is 10.8. The first-order valence-electron chi connectivity index (χ1n) is 11.9. The van der Waals surface area contributed by atoms with Gasteiger partial charge < -0.3 is 15.8 Å². The first-order valence-corrected chi connectivity index (χ1v) is 12.9. The van der Waals surface area contributed by atoms with Crippen LogP contribution in [0.15, 0.2) is 65.0 Å². The predicted octanol–water partition coefficient (Wildman–Crippen LogP) is 5.43. The molecular formula is C27H33N5O2S. The van der Waals surface area contributed by atoms with E-state index in [9.17, 15) is 4.79 Å². The number of carbonyl (C=O) groups is 1. The number of amides is 1. The van der Waals surface area contributed by atoms with Gasteiger partial charge in [-0.15, -0.1) is 5.10 Å². The van der Waals surface area contributed by atoms with Crippen LogP contribution >= 0.6 is 11.8 Å². The van der Waals surface area contributed by atoms with E-state index in [0.717, 1.165) is 23.3 Å². The molecule has 0 saturated carbocycles. The van der Waals surface area contributed by atoms with E-state index in [1.54, 1.807) is 16.4 Å². The van der Waals surface area contributed by atoms with Crippen molar-refractivity contribution in [1.29, 1.82) is 0 Å². The number of hydrogen-bond acceptors (Lipinski definition) is 6. The van der Waals surface area contributed by atoms with E-state index in [1.807, 2.05) is 31.2 Å². The van der Waals surface area contributed by atoms with Gasteiger partial charge >= 0.3 is 0 Å². The highest BCUT2D eigenvalue weighted by Gasteiger charge is 2.35. The van der Waals surface area contributed by atoms with Crippen LogP contribution in [0.3, 0.4) is 0 Å². The molecule has 0 radical (unpaired) electrons. The number of carbonyl (C=O) groups excluding carboxylic acids is 1. The largest absolute Gasteiger partial charge is 0.489 e. The van der Waals surface area contributed by atoms with Crippen LogP contribution in [-0.2, 0) is 16.8 Å². The van der Waals surface area contributed by atoms with E-state index >= 15 is 0 Å². The highest BCUT2D eigenvalue weighted by atomic mass is 32.2. The predicted molar refractivity (Wildman–Crippen MR) is 141 cm³/mol. The Kier molecular flexibility index (Phi) is 7.21. The van der Waals surface area contributed by atoms with Crippen LogP contribution in [-0.4, -0.2) is 26.4 Å². The monoisotopic (exact) mass is 491 g/mol. The number of fused-ring (bicyclic) bond motifs is 1. The lowest BCUT2D eigenvalue weighted by atomic mass is 9.87. The molecule has 184 valence electrons. The minimum absolute atomic E-state index is 0.0974. The number of para-hydroxylation sites is 1. The van der Waals surface area contributed by atoms with Gasteiger partial charge in [0.1, 0.15) is 18.4 Å². The Balaban J connectivity index is 1.67. The second kappa shape index (κ2) is 10.2. The molecule has 8 heteroatoms. The number of anilines is 1. The molecule has 0 fully saturated rings. The van der Waals surface area contributed by atoms with Gasteiger partial charge in [-0.25, -0.2) is 4.68 Å². The van der Waals surface area contributed by atoms with Crippen molar-refractivity contribution >= 4 is 23.6 Å². The maximum Gasteiger partial charge on any atom is 0.248 e. The Labute approximate surface area is 211 Å². The van der Waals surface area contributed by atoms with E-state index in [1.165, 1.54) is 5.56 Å². The van der Waals surface area contributed by atoms with Gasteiger partial charge in [-0.2, -0.15) is 4.98 Å². The van der Waals surface area contributed by atoms with Crippen LogP contribution in [0, 0.1) is 0 Å². The Hall–Kier alpha value is -3.26. The van der Waals surface area contributed by atoms with E-state index in [-0.39, 0.29) is 5.41 Å². The molecule has 3 N–H and O–H groups in total. The van der Waals surface area contributed by atoms with Crippen molar-refractivity contribution in [3.05, 3.63) is 76.5 Å². The van der Waals surface area contributed by atoms with Gasteiger partial charge in [0.2, 0.25) is 17.0 Å². The molecule has 1 aliphatic heterocycles. The minimum Gasteiger partial charge on any atom is -0.489 e. The molecule has 1 amide bonds. The fraction of sp³-hybridized carbons (Fsp3) is 0.370. The minimum atomic E-state index is -0.535. The number of ether oxygens (including phenoxy) is 1. The van der Waals surface area contributed by atoms with Gasteiger partial charge in [-0.05, 0) is 36.0 Å². The summed E-state index contributed by atoms with van der Waals surface area (Å²) in [6.07, 6.45) is 1.02. The van der Waals surface area contributed by atoms with Crippen molar-refractivity contribution < 1.29 is 9.53 Å². The lowest BCUT2D eigenvalue weighted by molar-refractivity contribution is -0.115. The van der Waals surface area contributed by atoms with Gasteiger partial charge in [0.05, 0.1) is 5.57 Å². The van der Waals surface area contributed by atoms with Crippen LogP contribution in [0.2, 0.25) is 0 Å². The molecule has 1 unspecified atom stereocenters. The average molecular weight is 492 g/mol. The van der Waals surface area contributed by atoms with Crippen molar-refractivity contribution in [2.75, 3.05) is 11.1 Å². The lowest BCUT2D eigenvalue weighted by Gasteiger charge is -2.28. The number of primary amides is 1. The van der Waals surface area contributed by atoms with Crippen LogP contribution in [0.5, 0.6) is 5.75 Å². The fourth-order valence-electron chi connectivity index (χ4n) is 4.09. The number of benzene rings is 2. The van der Waals surface area contributed by atoms with Gasteiger partial charge in [0.25, 0.3) is 0 Å². The molecule has 0 aliphatic carbocycles. The van der Waals surface area contributed by atoms with E-state index in [4.69, 9.17) is 15.6 Å². The summed E-state index contributed by atoms with van der Waals surface area (Å²) in [6.45, 7) is 11.0. The lowest BCUT2D eigenvalue weighted by Crippen LogP contribution is -2.32. The summed E-state index contributed by atoms with van der Waals surface area (Å²) in [6, 6.07) is 15.7. The molecule has 2 aromatic carbocycles. The van der Waals surface area contributed by atoms with Crippen LogP contribution in [0.1, 0.15) is 63.8 Å². The molecule has 2 heterocycles. The first-order chi connectivity index (χ1) is 16.7. The highest BCUT2D eigenvalue weighted by molar-refractivity contribution is 7.99. The smallest absolute Gasteiger partial charge is 0.248 e. The zero-order valence-electron chi connectivity index (χ0n) is 21.0. The van der Waals surface area contributed by atoms with Crippen LogP contribution in [0.25, 0.3) is 0 Å². The third-order valence-corrected chi connectivity index (χ3v) is 7.01. The van der Waals surface area contributed by atoms with Crippen molar-refractivity contribution in [1.82, 2.24) is 14.8 Å². The third kappa shape index (κ3) is 5.37. The van der Waals surface area contributed by atoms with Crippen molar-refractivity contribution in [3.8, 4) is 5.75 Å². The Morgan fingerprint density at radius 1 is 1.17 bits per heavy atom. The second-order valence-electron chi connectivity index (χ2n) is 9.71. The standard InChI is InChI=1S/C27H33N5O2S/c1-6-15-35-26-30-25-29-17(2)22(24(28)33)23(32(25)31-26)20-9-7-8-10-21(20)34-16-18-11-13-19(14-12-18)27(3,4)5/h7-14,23H,6,15-16H2,1-5H3,(H2,28,33)(H,29,30,31). The SMILES string of the molecule is CCCSc1nc2n(n1)C(c1ccccc1OCc1ccc(C(C)(C)C)cc1)C(C(N)=O)=C(C)N2. The highest BCUT2D eigenvalue weighted by Crippen LogP contribution is 2.39. The number of aromatic nitrogens is 3. The molecular weight excluding hydrogens is 458 g/mol. The number of nitrogens with one attached hydrogen (secondary N) is 1. The number of rotatable bonds is 8. The molecule has 1 atom stereocenters. The summed E-state index contributed by atoms with van der Waals surface area (Å²) in [7, 11) is 0. The van der Waals surface area contributed by atoms with Crippen molar-refractivity contribution in [2.24, 2.45) is 5.73 Å². The van der Waals surface area contributed by atoms with Gasteiger partial charge in [-0.3, -0.25) is 4.79 Å². The maximum absolute atomic E-state index is 12.6. The number of hydrogen-bond donors (Lipinski definition) is 2. The molecule has 35 heavy (non-hydrogen) atoms. The summed E-state index contributed by atoms with van der Waals surface area (Å²) in [5.41, 5.74) is 10.2. The number of nitrogens with two attached hydrogens (primary N) is 1. The summed E-state index contributed by atoms with van der Waals surface area (Å²) in [5.74, 6) is 1.67. The molecule has 1 aliphatic rings. The zero-order chi connectivity index (χ0) is 25.2. The van der Waals surface area contributed by atoms with Crippen LogP contribution < -0.4 is 15.8 Å². The molecule has 7 nitrogen and oxygen atoms in total. The van der Waals surface area contributed by atoms with Crippen molar-refractivity contribution in [2.45, 2.75) is 64.3 Å². The molecule has 3 aromatic rings. The number of nitrogens with zero attached hydrogens (tertiary/aromatic N) is 3. The summed E-state index contributed by atoms with van der Waals surface area (Å²) >= 11 is 1.59. The summed E-state index contributed by atoms with van der Waals surface area (Å²) < 4.78 is 8.03. The normalized spacial score (nSPS) is 15.5. The van der Waals surface area contributed by atoms with Crippen LogP contribution in [0.4, 0.5) is 5.95 Å². The Morgan fingerprint density at radius 2 is 1.89 bits per heavy atom. The molecule has 0 saturated heterocycles. The van der Waals surface area contributed by atoms with E-state index < -0.39 is 11.9 Å². The maximum atomic E-state index is 12.6. The molecule has 0 spiro atoms. The summed E-state index contributed by atoms with van der Waals surface area (Å²) in [5, 5.41) is 8.57.